The minimum Gasteiger partial charge on any atom is -0.458 e. The van der Waals surface area contributed by atoms with E-state index in [2.05, 4.69) is 11.4 Å². The molecule has 4 nitrogen and oxygen atoms in total. The molecule has 0 bridgehead atoms. The minimum absolute atomic E-state index is 0.126. The third-order valence-electron chi connectivity index (χ3n) is 4.09. The van der Waals surface area contributed by atoms with E-state index in [0.717, 1.165) is 10.5 Å². The summed E-state index contributed by atoms with van der Waals surface area (Å²) in [6.07, 6.45) is 0.405. The number of thioether (sulfide) groups is 2. The molecule has 6 heteroatoms. The normalized spacial score (nSPS) is 17.3. The van der Waals surface area contributed by atoms with Crippen LogP contribution in [0.4, 0.5) is 0 Å². The Balaban J connectivity index is 1.71. The molecule has 0 saturated heterocycles. The van der Waals surface area contributed by atoms with Crippen LogP contribution in [-0.2, 0) is 20.7 Å². The first-order chi connectivity index (χ1) is 13.3. The van der Waals surface area contributed by atoms with E-state index in [0.29, 0.717) is 12.2 Å². The molecule has 1 unspecified atom stereocenters. The number of esters is 1. The Morgan fingerprint density at radius 3 is 2.39 bits per heavy atom. The van der Waals surface area contributed by atoms with E-state index in [1.807, 2.05) is 69.3 Å². The van der Waals surface area contributed by atoms with Crippen molar-refractivity contribution >= 4 is 35.4 Å². The van der Waals surface area contributed by atoms with Gasteiger partial charge in [0.2, 0.25) is 5.91 Å². The molecular weight excluding hydrogens is 390 g/mol. The van der Waals surface area contributed by atoms with Crippen LogP contribution in [-0.4, -0.2) is 34.5 Å². The van der Waals surface area contributed by atoms with Gasteiger partial charge in [0.1, 0.15) is 11.6 Å². The molecule has 2 aromatic carbocycles. The molecule has 3 rings (SSSR count). The molecule has 148 valence electrons. The molecule has 1 aliphatic heterocycles. The lowest BCUT2D eigenvalue weighted by molar-refractivity contribution is -0.158. The van der Waals surface area contributed by atoms with E-state index in [1.54, 1.807) is 23.5 Å². The van der Waals surface area contributed by atoms with Gasteiger partial charge in [-0.15, -0.1) is 23.5 Å². The quantitative estimate of drug-likeness (QED) is 0.737. The lowest BCUT2D eigenvalue weighted by Gasteiger charge is -2.27. The molecule has 0 aromatic heterocycles. The molecule has 1 aliphatic rings. The highest BCUT2D eigenvalue weighted by Crippen LogP contribution is 2.40. The number of rotatable bonds is 5. The second kappa shape index (κ2) is 9.05. The van der Waals surface area contributed by atoms with Gasteiger partial charge in [-0.25, -0.2) is 4.79 Å². The predicted molar refractivity (Wildman–Crippen MR) is 115 cm³/mol. The Hall–Kier alpha value is -1.92. The van der Waals surface area contributed by atoms with Crippen LogP contribution in [0, 0.1) is 0 Å². The minimum atomic E-state index is -0.711. The number of amides is 1. The van der Waals surface area contributed by atoms with Crippen molar-refractivity contribution in [2.24, 2.45) is 0 Å². The van der Waals surface area contributed by atoms with E-state index < -0.39 is 17.6 Å². The van der Waals surface area contributed by atoms with Crippen molar-refractivity contribution in [1.29, 1.82) is 0 Å². The predicted octanol–water partition coefficient (Wildman–Crippen LogP) is 4.32. The average Bonchev–Trinajstić information content (AvgIpc) is 2.66. The van der Waals surface area contributed by atoms with Gasteiger partial charge in [-0.1, -0.05) is 42.5 Å². The monoisotopic (exact) mass is 415 g/mol. The van der Waals surface area contributed by atoms with Crippen LogP contribution >= 0.6 is 23.5 Å². The summed E-state index contributed by atoms with van der Waals surface area (Å²) in [5.74, 6) is 0.150. The summed E-state index contributed by atoms with van der Waals surface area (Å²) in [6.45, 7) is 5.49. The third-order valence-corrected chi connectivity index (χ3v) is 6.87. The number of hydrogen-bond donors (Lipinski definition) is 1. The number of benzene rings is 2. The Labute approximate surface area is 174 Å². The van der Waals surface area contributed by atoms with Gasteiger partial charge in [-0.3, -0.25) is 4.79 Å². The Morgan fingerprint density at radius 1 is 1.07 bits per heavy atom. The standard InChI is InChI=1S/C22H25NO3S2/c1-22(2,3)26-21(25)16(13-15-9-5-4-6-10-15)23-20(24)19-14-27-17-11-7-8-12-18(17)28-19/h4-12,16,19H,13-14H2,1-3H3,(H,23,24)/t16-,19?/m0/s1. The molecule has 0 aliphatic carbocycles. The molecule has 1 N–H and O–H groups in total. The highest BCUT2D eigenvalue weighted by atomic mass is 32.2. The van der Waals surface area contributed by atoms with E-state index in [-0.39, 0.29) is 11.2 Å². The van der Waals surface area contributed by atoms with Crippen LogP contribution in [0.5, 0.6) is 0 Å². The summed E-state index contributed by atoms with van der Waals surface area (Å²) >= 11 is 3.23. The van der Waals surface area contributed by atoms with Gasteiger partial charge in [0, 0.05) is 22.0 Å². The number of nitrogens with one attached hydrogen (secondary N) is 1. The van der Waals surface area contributed by atoms with Crippen LogP contribution in [0.3, 0.4) is 0 Å². The fraction of sp³-hybridized carbons (Fsp3) is 0.364. The molecule has 0 fully saturated rings. The average molecular weight is 416 g/mol. The number of carbonyl (C=O) groups excluding carboxylic acids is 2. The summed E-state index contributed by atoms with van der Waals surface area (Å²) in [5, 5.41) is 2.71. The third kappa shape index (κ3) is 5.79. The molecular formula is C22H25NO3S2. The molecule has 0 saturated carbocycles. The smallest absolute Gasteiger partial charge is 0.329 e. The lowest BCUT2D eigenvalue weighted by atomic mass is 10.1. The maximum Gasteiger partial charge on any atom is 0.329 e. The van der Waals surface area contributed by atoms with Crippen LogP contribution in [0.1, 0.15) is 26.3 Å². The highest BCUT2D eigenvalue weighted by Gasteiger charge is 2.31. The molecule has 1 heterocycles. The number of carbonyl (C=O) groups is 2. The number of hydrogen-bond acceptors (Lipinski definition) is 5. The summed E-state index contributed by atoms with van der Waals surface area (Å²) < 4.78 is 5.55. The van der Waals surface area contributed by atoms with Crippen LogP contribution in [0.25, 0.3) is 0 Å². The van der Waals surface area contributed by atoms with Crippen LogP contribution in [0.2, 0.25) is 0 Å². The SMILES string of the molecule is CC(C)(C)OC(=O)[C@H](Cc1ccccc1)NC(=O)C1CSc2ccccc2S1. The van der Waals surface area contributed by atoms with Crippen LogP contribution < -0.4 is 5.32 Å². The maximum atomic E-state index is 12.9. The Morgan fingerprint density at radius 2 is 1.71 bits per heavy atom. The highest BCUT2D eigenvalue weighted by molar-refractivity contribution is 8.06. The van der Waals surface area contributed by atoms with Crippen molar-refractivity contribution < 1.29 is 14.3 Å². The molecule has 2 aromatic rings. The van der Waals surface area contributed by atoms with Crippen LogP contribution in [0.15, 0.2) is 64.4 Å². The first kappa shape index (κ1) is 20.8. The van der Waals surface area contributed by atoms with Gasteiger partial charge < -0.3 is 10.1 Å². The van der Waals surface area contributed by atoms with Gasteiger partial charge >= 0.3 is 5.97 Å². The van der Waals surface area contributed by atoms with E-state index >= 15 is 0 Å². The zero-order chi connectivity index (χ0) is 20.1. The summed E-state index contributed by atoms with van der Waals surface area (Å²) in [6, 6.07) is 17.0. The lowest BCUT2D eigenvalue weighted by Crippen LogP contribution is -2.48. The zero-order valence-corrected chi connectivity index (χ0v) is 17.9. The van der Waals surface area contributed by atoms with Gasteiger partial charge in [-0.2, -0.15) is 0 Å². The zero-order valence-electron chi connectivity index (χ0n) is 16.3. The van der Waals surface area contributed by atoms with Crippen molar-refractivity contribution in [2.75, 3.05) is 5.75 Å². The second-order valence-corrected chi connectivity index (χ2v) is 9.95. The van der Waals surface area contributed by atoms with Gasteiger partial charge in [0.25, 0.3) is 0 Å². The van der Waals surface area contributed by atoms with E-state index in [4.69, 9.17) is 4.74 Å². The Bertz CT molecular complexity index is 833. The summed E-state index contributed by atoms with van der Waals surface area (Å²) in [7, 11) is 0. The molecule has 0 radical (unpaired) electrons. The fourth-order valence-electron chi connectivity index (χ4n) is 2.83. The molecule has 28 heavy (non-hydrogen) atoms. The van der Waals surface area contributed by atoms with Crippen molar-refractivity contribution in [3.05, 3.63) is 60.2 Å². The topological polar surface area (TPSA) is 55.4 Å². The van der Waals surface area contributed by atoms with E-state index in [1.165, 1.54) is 4.90 Å². The fourth-order valence-corrected chi connectivity index (χ4v) is 5.32. The van der Waals surface area contributed by atoms with Crippen molar-refractivity contribution in [3.8, 4) is 0 Å². The van der Waals surface area contributed by atoms with Gasteiger partial charge in [0.15, 0.2) is 0 Å². The van der Waals surface area contributed by atoms with Crippen molar-refractivity contribution in [2.45, 2.75) is 53.9 Å². The van der Waals surface area contributed by atoms with Gasteiger partial charge in [0.05, 0.1) is 5.25 Å². The first-order valence-corrected chi connectivity index (χ1v) is 11.1. The van der Waals surface area contributed by atoms with Crippen molar-refractivity contribution in [1.82, 2.24) is 5.32 Å². The van der Waals surface area contributed by atoms with Gasteiger partial charge in [-0.05, 0) is 38.5 Å². The number of fused-ring (bicyclic) bond motifs is 1. The largest absolute Gasteiger partial charge is 0.458 e. The second-order valence-electron chi connectivity index (χ2n) is 7.65. The molecule has 2 atom stereocenters. The molecule has 0 spiro atoms. The molecule has 1 amide bonds. The summed E-state index contributed by atoms with van der Waals surface area (Å²) in [5.41, 5.74) is 0.375. The number of ether oxygens (including phenoxy) is 1. The van der Waals surface area contributed by atoms with E-state index in [9.17, 15) is 9.59 Å². The maximum absolute atomic E-state index is 12.9. The first-order valence-electron chi connectivity index (χ1n) is 9.27. The summed E-state index contributed by atoms with van der Waals surface area (Å²) in [4.78, 5) is 28.0. The van der Waals surface area contributed by atoms with Crippen molar-refractivity contribution in [3.63, 3.8) is 0 Å². The Kier molecular flexibility index (Phi) is 6.73.